The van der Waals surface area contributed by atoms with E-state index in [0.717, 1.165) is 0 Å². The highest BCUT2D eigenvalue weighted by Gasteiger charge is 2.09. The van der Waals surface area contributed by atoms with Gasteiger partial charge in [0.2, 0.25) is 5.69 Å². The summed E-state index contributed by atoms with van der Waals surface area (Å²) in [5.41, 5.74) is 0.648. The fourth-order valence-corrected chi connectivity index (χ4v) is 1.02. The van der Waals surface area contributed by atoms with Crippen LogP contribution in [0.4, 0.5) is 5.69 Å². The second-order valence-corrected chi connectivity index (χ2v) is 2.49. The Kier molecular flexibility index (Phi) is 3.08. The van der Waals surface area contributed by atoms with Crippen LogP contribution in [0, 0.1) is 6.57 Å². The standard InChI is InChI=1S/C10H9NO3/c1-11-8-6-7(10(12)14-3)4-5-9(8)13-2/h4-6H,2-3H3. The highest BCUT2D eigenvalue weighted by Crippen LogP contribution is 2.28. The molecule has 0 amide bonds. The van der Waals surface area contributed by atoms with Gasteiger partial charge in [0.1, 0.15) is 5.75 Å². The van der Waals surface area contributed by atoms with Crippen molar-refractivity contribution >= 4 is 11.7 Å². The second kappa shape index (κ2) is 4.28. The average Bonchev–Trinajstić information content (AvgIpc) is 2.26. The quantitative estimate of drug-likeness (QED) is 0.530. The zero-order valence-corrected chi connectivity index (χ0v) is 7.90. The summed E-state index contributed by atoms with van der Waals surface area (Å²) in [6, 6.07) is 4.57. The molecule has 72 valence electrons. The Morgan fingerprint density at radius 3 is 2.64 bits per heavy atom. The predicted molar refractivity (Wildman–Crippen MR) is 50.6 cm³/mol. The first-order chi connectivity index (χ1) is 6.72. The molecule has 1 aromatic rings. The smallest absolute Gasteiger partial charge is 0.336 e. The van der Waals surface area contributed by atoms with Crippen LogP contribution in [0.2, 0.25) is 0 Å². The van der Waals surface area contributed by atoms with Crippen LogP contribution in [-0.4, -0.2) is 20.2 Å². The molecule has 0 spiro atoms. The monoisotopic (exact) mass is 191 g/mol. The highest BCUT2D eigenvalue weighted by molar-refractivity contribution is 5.91. The number of carbonyl (C=O) groups excluding carboxylic acids is 1. The lowest BCUT2D eigenvalue weighted by Gasteiger charge is -2.04. The summed E-state index contributed by atoms with van der Waals surface area (Å²) in [5.74, 6) is -0.00907. The van der Waals surface area contributed by atoms with Gasteiger partial charge in [-0.15, -0.1) is 0 Å². The Morgan fingerprint density at radius 1 is 1.43 bits per heavy atom. The van der Waals surface area contributed by atoms with E-state index >= 15 is 0 Å². The molecule has 0 aliphatic rings. The number of hydrogen-bond acceptors (Lipinski definition) is 3. The van der Waals surface area contributed by atoms with Gasteiger partial charge in [0.15, 0.2) is 0 Å². The molecule has 0 fully saturated rings. The van der Waals surface area contributed by atoms with Gasteiger partial charge in [-0.3, -0.25) is 0 Å². The molecule has 4 heteroatoms. The van der Waals surface area contributed by atoms with Gasteiger partial charge in [-0.2, -0.15) is 0 Å². The van der Waals surface area contributed by atoms with Crippen LogP contribution in [0.15, 0.2) is 18.2 Å². The maximum atomic E-state index is 11.1. The molecule has 0 atom stereocenters. The second-order valence-electron chi connectivity index (χ2n) is 2.49. The molecule has 1 rings (SSSR count). The zero-order chi connectivity index (χ0) is 10.6. The molecule has 0 unspecified atom stereocenters. The van der Waals surface area contributed by atoms with E-state index in [9.17, 15) is 4.79 Å². The van der Waals surface area contributed by atoms with E-state index in [1.165, 1.54) is 20.3 Å². The molecule has 0 saturated carbocycles. The van der Waals surface area contributed by atoms with E-state index in [1.54, 1.807) is 12.1 Å². The van der Waals surface area contributed by atoms with Crippen LogP contribution >= 0.6 is 0 Å². The van der Waals surface area contributed by atoms with Crippen LogP contribution in [-0.2, 0) is 4.74 Å². The maximum Gasteiger partial charge on any atom is 0.336 e. The molecule has 0 bridgehead atoms. The van der Waals surface area contributed by atoms with Crippen molar-refractivity contribution in [1.82, 2.24) is 0 Å². The van der Waals surface area contributed by atoms with Crippen molar-refractivity contribution < 1.29 is 14.3 Å². The number of methoxy groups -OCH3 is 2. The molecule has 1 aromatic carbocycles. The number of nitrogens with zero attached hydrogens (tertiary/aromatic N) is 1. The fourth-order valence-electron chi connectivity index (χ4n) is 1.02. The molecule has 0 aliphatic heterocycles. The Bertz CT molecular complexity index is 393. The molecule has 0 heterocycles. The van der Waals surface area contributed by atoms with Gasteiger partial charge in [0, 0.05) is 5.56 Å². The van der Waals surface area contributed by atoms with Gasteiger partial charge in [0.25, 0.3) is 0 Å². The number of ether oxygens (including phenoxy) is 2. The molecule has 0 aliphatic carbocycles. The first-order valence-electron chi connectivity index (χ1n) is 3.86. The summed E-state index contributed by atoms with van der Waals surface area (Å²) in [5, 5.41) is 0. The van der Waals surface area contributed by atoms with Crippen molar-refractivity contribution in [3.05, 3.63) is 35.2 Å². The normalized spacial score (nSPS) is 8.93. The average molecular weight is 191 g/mol. The molecular formula is C10H9NO3. The van der Waals surface area contributed by atoms with Crippen molar-refractivity contribution in [2.24, 2.45) is 0 Å². The predicted octanol–water partition coefficient (Wildman–Crippen LogP) is 2.03. The Hall–Kier alpha value is -2.02. The number of esters is 1. The number of rotatable bonds is 2. The van der Waals surface area contributed by atoms with Crippen molar-refractivity contribution in [2.45, 2.75) is 0 Å². The summed E-state index contributed by atoms with van der Waals surface area (Å²) in [6.07, 6.45) is 0. The van der Waals surface area contributed by atoms with E-state index < -0.39 is 5.97 Å². The molecule has 0 saturated heterocycles. The van der Waals surface area contributed by atoms with E-state index in [-0.39, 0.29) is 0 Å². The minimum absolute atomic E-state index is 0.301. The lowest BCUT2D eigenvalue weighted by atomic mass is 10.2. The first-order valence-corrected chi connectivity index (χ1v) is 3.86. The van der Waals surface area contributed by atoms with Crippen LogP contribution in [0.5, 0.6) is 5.75 Å². The van der Waals surface area contributed by atoms with Crippen LogP contribution in [0.25, 0.3) is 4.85 Å². The van der Waals surface area contributed by atoms with E-state index in [2.05, 4.69) is 9.58 Å². The van der Waals surface area contributed by atoms with Gasteiger partial charge in [-0.25, -0.2) is 9.64 Å². The third-order valence-electron chi connectivity index (χ3n) is 1.72. The van der Waals surface area contributed by atoms with Crippen molar-refractivity contribution in [2.75, 3.05) is 14.2 Å². The number of benzene rings is 1. The lowest BCUT2D eigenvalue weighted by molar-refractivity contribution is 0.0601. The highest BCUT2D eigenvalue weighted by atomic mass is 16.5. The Balaban J connectivity index is 3.15. The molecule has 0 aromatic heterocycles. The van der Waals surface area contributed by atoms with Gasteiger partial charge in [0.05, 0.1) is 20.8 Å². The number of carbonyl (C=O) groups is 1. The van der Waals surface area contributed by atoms with Crippen LogP contribution in [0.1, 0.15) is 10.4 Å². The SMILES string of the molecule is [C-]#[N+]c1cc(C(=O)OC)ccc1OC. The van der Waals surface area contributed by atoms with Crippen LogP contribution in [0.3, 0.4) is 0 Å². The minimum atomic E-state index is -0.461. The van der Waals surface area contributed by atoms with Crippen molar-refractivity contribution in [3.8, 4) is 5.75 Å². The summed E-state index contributed by atoms with van der Waals surface area (Å²) < 4.78 is 9.47. The minimum Gasteiger partial charge on any atom is -0.508 e. The fraction of sp³-hybridized carbons (Fsp3) is 0.200. The van der Waals surface area contributed by atoms with E-state index in [0.29, 0.717) is 17.0 Å². The van der Waals surface area contributed by atoms with Crippen molar-refractivity contribution in [1.29, 1.82) is 0 Å². The number of hydrogen-bond donors (Lipinski definition) is 0. The summed E-state index contributed by atoms with van der Waals surface area (Å²) >= 11 is 0. The van der Waals surface area contributed by atoms with Crippen molar-refractivity contribution in [3.63, 3.8) is 0 Å². The summed E-state index contributed by atoms with van der Waals surface area (Å²) in [6.45, 7) is 6.88. The first kappa shape index (κ1) is 10.1. The molecular weight excluding hydrogens is 182 g/mol. The zero-order valence-electron chi connectivity index (χ0n) is 7.90. The Labute approximate surface area is 81.9 Å². The van der Waals surface area contributed by atoms with E-state index in [1.807, 2.05) is 0 Å². The van der Waals surface area contributed by atoms with Gasteiger partial charge in [-0.05, 0) is 18.2 Å². The topological polar surface area (TPSA) is 39.9 Å². The molecule has 4 nitrogen and oxygen atoms in total. The third-order valence-corrected chi connectivity index (χ3v) is 1.72. The van der Waals surface area contributed by atoms with Gasteiger partial charge >= 0.3 is 5.97 Å². The molecule has 14 heavy (non-hydrogen) atoms. The molecule has 0 radical (unpaired) electrons. The van der Waals surface area contributed by atoms with Crippen LogP contribution < -0.4 is 4.74 Å². The van der Waals surface area contributed by atoms with Gasteiger partial charge in [-0.1, -0.05) is 0 Å². The summed E-state index contributed by atoms with van der Waals surface area (Å²) in [4.78, 5) is 14.4. The Morgan fingerprint density at radius 2 is 2.14 bits per heavy atom. The maximum absolute atomic E-state index is 11.1. The summed E-state index contributed by atoms with van der Waals surface area (Å²) in [7, 11) is 2.77. The molecule has 0 N–H and O–H groups in total. The lowest BCUT2D eigenvalue weighted by Crippen LogP contribution is -2.00. The third kappa shape index (κ3) is 1.83. The van der Waals surface area contributed by atoms with Gasteiger partial charge < -0.3 is 9.47 Å². The largest absolute Gasteiger partial charge is 0.508 e. The van der Waals surface area contributed by atoms with E-state index in [4.69, 9.17) is 11.3 Å².